The summed E-state index contributed by atoms with van der Waals surface area (Å²) in [4.78, 5) is 29.1. The van der Waals surface area contributed by atoms with Crippen molar-refractivity contribution in [2.45, 2.75) is 77.4 Å². The van der Waals surface area contributed by atoms with Crippen molar-refractivity contribution < 1.29 is 27.5 Å². The first-order valence-electron chi connectivity index (χ1n) is 13.7. The molecule has 2 aromatic rings. The first-order valence-corrected chi connectivity index (χ1v) is 13.7. The Hall–Kier alpha value is -2.87. The molecular weight excluding hydrogens is 493 g/mol. The Labute approximate surface area is 224 Å². The first kappa shape index (κ1) is 29.7. The molecule has 1 aliphatic rings. The third kappa shape index (κ3) is 9.15. The summed E-state index contributed by atoms with van der Waals surface area (Å²) in [6.07, 6.45) is 5.47. The molecule has 0 N–H and O–H groups in total. The SMILES string of the molecule is CCCCCCCCCCC(=O)c1ccc(CN(C(=O)N2CCOCC2)c2ccc(C(F)(F)F)cc2)cc1. The molecule has 5 nitrogen and oxygen atoms in total. The summed E-state index contributed by atoms with van der Waals surface area (Å²) in [5.74, 6) is 0.103. The molecule has 208 valence electrons. The van der Waals surface area contributed by atoms with Crippen LogP contribution in [0.25, 0.3) is 0 Å². The van der Waals surface area contributed by atoms with Gasteiger partial charge in [0.2, 0.25) is 0 Å². The molecule has 0 bridgehead atoms. The summed E-state index contributed by atoms with van der Waals surface area (Å²) in [5.41, 5.74) is 1.04. The van der Waals surface area contributed by atoms with Gasteiger partial charge in [0, 0.05) is 30.8 Å². The molecule has 8 heteroatoms. The summed E-state index contributed by atoms with van der Waals surface area (Å²) < 4.78 is 44.5. The summed E-state index contributed by atoms with van der Waals surface area (Å²) in [7, 11) is 0. The second-order valence-electron chi connectivity index (χ2n) is 9.86. The van der Waals surface area contributed by atoms with E-state index in [1.165, 1.54) is 49.1 Å². The van der Waals surface area contributed by atoms with Crippen molar-refractivity contribution in [2.75, 3.05) is 31.2 Å². The lowest BCUT2D eigenvalue weighted by Crippen LogP contribution is -2.48. The second-order valence-corrected chi connectivity index (χ2v) is 9.86. The molecule has 1 heterocycles. The van der Waals surface area contributed by atoms with E-state index in [0.717, 1.165) is 37.0 Å². The number of hydrogen-bond donors (Lipinski definition) is 0. The number of benzene rings is 2. The van der Waals surface area contributed by atoms with E-state index in [9.17, 15) is 22.8 Å². The fourth-order valence-corrected chi connectivity index (χ4v) is 4.57. The largest absolute Gasteiger partial charge is 0.416 e. The van der Waals surface area contributed by atoms with Crippen LogP contribution in [0.1, 0.15) is 86.2 Å². The molecule has 1 fully saturated rings. The molecule has 3 rings (SSSR count). The molecule has 0 aliphatic carbocycles. The van der Waals surface area contributed by atoms with E-state index < -0.39 is 11.7 Å². The van der Waals surface area contributed by atoms with Gasteiger partial charge in [-0.05, 0) is 36.2 Å². The molecule has 0 spiro atoms. The van der Waals surface area contributed by atoms with Gasteiger partial charge in [-0.25, -0.2) is 4.79 Å². The second kappa shape index (κ2) is 14.9. The number of ether oxygens (including phenoxy) is 1. The summed E-state index contributed by atoms with van der Waals surface area (Å²) in [6, 6.07) is 11.5. The van der Waals surface area contributed by atoms with E-state index in [1.54, 1.807) is 17.0 Å². The van der Waals surface area contributed by atoms with Gasteiger partial charge in [-0.1, -0.05) is 76.1 Å². The van der Waals surface area contributed by atoms with E-state index >= 15 is 0 Å². The van der Waals surface area contributed by atoms with Crippen molar-refractivity contribution in [2.24, 2.45) is 0 Å². The zero-order valence-electron chi connectivity index (χ0n) is 22.3. The van der Waals surface area contributed by atoms with Gasteiger partial charge in [-0.15, -0.1) is 0 Å². The van der Waals surface area contributed by atoms with Crippen LogP contribution in [0.5, 0.6) is 0 Å². The Bertz CT molecular complexity index is 1000. The molecule has 0 atom stereocenters. The van der Waals surface area contributed by atoms with Crippen LogP contribution in [0.4, 0.5) is 23.7 Å². The molecule has 2 amide bonds. The number of ketones is 1. The van der Waals surface area contributed by atoms with Gasteiger partial charge in [-0.3, -0.25) is 9.69 Å². The van der Waals surface area contributed by atoms with Gasteiger partial charge in [0.25, 0.3) is 0 Å². The van der Waals surface area contributed by atoms with Crippen molar-refractivity contribution in [1.82, 2.24) is 4.90 Å². The van der Waals surface area contributed by atoms with Crippen LogP contribution in [-0.2, 0) is 17.5 Å². The highest BCUT2D eigenvalue weighted by molar-refractivity contribution is 5.96. The van der Waals surface area contributed by atoms with Crippen LogP contribution < -0.4 is 4.90 Å². The van der Waals surface area contributed by atoms with Crippen LogP contribution in [0.15, 0.2) is 48.5 Å². The standard InChI is InChI=1S/C30H39F3N2O3/c1-2-3-4-5-6-7-8-9-10-28(36)25-13-11-24(12-14-25)23-35(29(37)34-19-21-38-22-20-34)27-17-15-26(16-18-27)30(31,32)33/h11-18H,2-10,19-23H2,1H3. The van der Waals surface area contributed by atoms with Crippen molar-refractivity contribution in [3.63, 3.8) is 0 Å². The topological polar surface area (TPSA) is 49.9 Å². The number of halogens is 3. The Morgan fingerprint density at radius 2 is 1.42 bits per heavy atom. The monoisotopic (exact) mass is 532 g/mol. The molecule has 2 aromatic carbocycles. The number of rotatable bonds is 13. The number of amides is 2. The highest BCUT2D eigenvalue weighted by Gasteiger charge is 2.31. The quantitative estimate of drug-likeness (QED) is 0.195. The van der Waals surface area contributed by atoms with E-state index in [2.05, 4.69) is 6.92 Å². The predicted octanol–water partition coefficient (Wildman–Crippen LogP) is 7.88. The normalized spacial score (nSPS) is 13.9. The first-order chi connectivity index (χ1) is 18.3. The lowest BCUT2D eigenvalue weighted by molar-refractivity contribution is -0.137. The lowest BCUT2D eigenvalue weighted by atomic mass is 10.0. The zero-order valence-corrected chi connectivity index (χ0v) is 22.3. The Morgan fingerprint density at radius 3 is 2.00 bits per heavy atom. The number of urea groups is 1. The molecule has 1 saturated heterocycles. The van der Waals surface area contributed by atoms with Crippen LogP contribution in [0.3, 0.4) is 0 Å². The van der Waals surface area contributed by atoms with Crippen molar-refractivity contribution in [3.8, 4) is 0 Å². The van der Waals surface area contributed by atoms with Gasteiger partial charge in [0.1, 0.15) is 0 Å². The molecule has 1 aliphatic heterocycles. The Morgan fingerprint density at radius 1 is 0.842 bits per heavy atom. The smallest absolute Gasteiger partial charge is 0.378 e. The minimum Gasteiger partial charge on any atom is -0.378 e. The molecular formula is C30H39F3N2O3. The summed E-state index contributed by atoms with van der Waals surface area (Å²) >= 11 is 0. The average Bonchev–Trinajstić information content (AvgIpc) is 2.93. The van der Waals surface area contributed by atoms with Crippen molar-refractivity contribution in [3.05, 3.63) is 65.2 Å². The maximum Gasteiger partial charge on any atom is 0.416 e. The summed E-state index contributed by atoms with van der Waals surface area (Å²) in [5, 5.41) is 0. The van der Waals surface area contributed by atoms with E-state index in [4.69, 9.17) is 4.74 Å². The number of unbranched alkanes of at least 4 members (excludes halogenated alkanes) is 7. The van der Waals surface area contributed by atoms with Crippen molar-refractivity contribution in [1.29, 1.82) is 0 Å². The maximum absolute atomic E-state index is 13.3. The van der Waals surface area contributed by atoms with E-state index in [0.29, 0.717) is 44.0 Å². The Balaban J connectivity index is 1.61. The molecule has 0 unspecified atom stereocenters. The van der Waals surface area contributed by atoms with E-state index in [1.807, 2.05) is 12.1 Å². The number of Topliss-reactive ketones (excluding diaryl/α,β-unsaturated/α-hetero) is 1. The number of carbonyl (C=O) groups excluding carboxylic acids is 2. The van der Waals surface area contributed by atoms with Crippen LogP contribution in [-0.4, -0.2) is 43.0 Å². The number of nitrogens with zero attached hydrogens (tertiary/aromatic N) is 2. The number of hydrogen-bond acceptors (Lipinski definition) is 3. The van der Waals surface area contributed by atoms with Crippen LogP contribution in [0.2, 0.25) is 0 Å². The minimum atomic E-state index is -4.45. The lowest BCUT2D eigenvalue weighted by Gasteiger charge is -2.33. The average molecular weight is 533 g/mol. The number of morpholine rings is 1. The summed E-state index contributed by atoms with van der Waals surface area (Å²) in [6.45, 7) is 4.06. The third-order valence-electron chi connectivity index (χ3n) is 6.89. The van der Waals surface area contributed by atoms with Gasteiger partial charge in [-0.2, -0.15) is 13.2 Å². The number of alkyl halides is 3. The molecule has 38 heavy (non-hydrogen) atoms. The van der Waals surface area contributed by atoms with Gasteiger partial charge in [0.05, 0.1) is 25.3 Å². The predicted molar refractivity (Wildman–Crippen MR) is 143 cm³/mol. The third-order valence-corrected chi connectivity index (χ3v) is 6.89. The van der Waals surface area contributed by atoms with E-state index in [-0.39, 0.29) is 18.4 Å². The zero-order chi connectivity index (χ0) is 27.4. The molecule has 0 saturated carbocycles. The van der Waals surface area contributed by atoms with Gasteiger partial charge >= 0.3 is 12.2 Å². The van der Waals surface area contributed by atoms with Gasteiger partial charge < -0.3 is 9.64 Å². The molecule has 0 aromatic heterocycles. The highest BCUT2D eigenvalue weighted by Crippen LogP contribution is 2.31. The number of carbonyl (C=O) groups is 2. The molecule has 0 radical (unpaired) electrons. The minimum absolute atomic E-state index is 0.103. The number of anilines is 1. The van der Waals surface area contributed by atoms with Crippen molar-refractivity contribution >= 4 is 17.5 Å². The highest BCUT2D eigenvalue weighted by atomic mass is 19.4. The fourth-order valence-electron chi connectivity index (χ4n) is 4.57. The fraction of sp³-hybridized carbons (Fsp3) is 0.533. The Kier molecular flexibility index (Phi) is 11.6. The van der Waals surface area contributed by atoms with Crippen LogP contribution in [0, 0.1) is 0 Å². The van der Waals surface area contributed by atoms with Crippen LogP contribution >= 0.6 is 0 Å². The maximum atomic E-state index is 13.3. The van der Waals surface area contributed by atoms with Gasteiger partial charge in [0.15, 0.2) is 5.78 Å².